The Labute approximate surface area is 86.9 Å². The molecule has 70 valence electrons. The van der Waals surface area contributed by atoms with Crippen LogP contribution in [-0.4, -0.2) is 11.3 Å². The van der Waals surface area contributed by atoms with E-state index in [0.717, 1.165) is 11.8 Å². The lowest BCUT2D eigenvalue weighted by Gasteiger charge is -2.17. The second-order valence-corrected chi connectivity index (χ2v) is 4.12. The van der Waals surface area contributed by atoms with E-state index in [2.05, 4.69) is 4.98 Å². The average Bonchev–Trinajstić information content (AvgIpc) is 2.02. The molecule has 0 amide bonds. The number of rotatable bonds is 2. The van der Waals surface area contributed by atoms with Gasteiger partial charge in [-0.2, -0.15) is 0 Å². The van der Waals surface area contributed by atoms with Crippen molar-refractivity contribution in [1.29, 1.82) is 0 Å². The summed E-state index contributed by atoms with van der Waals surface area (Å²) < 4.78 is 0. The van der Waals surface area contributed by atoms with Crippen molar-refractivity contribution in [2.24, 2.45) is 0 Å². The predicted molar refractivity (Wildman–Crippen MR) is 53.3 cm³/mol. The van der Waals surface area contributed by atoms with E-state index in [1.165, 1.54) is 0 Å². The van der Waals surface area contributed by atoms with Crippen molar-refractivity contribution in [2.75, 3.05) is 0 Å². The summed E-state index contributed by atoms with van der Waals surface area (Å²) in [5.41, 5.74) is 0.198. The van der Waals surface area contributed by atoms with E-state index in [1.54, 1.807) is 26.0 Å². The first-order chi connectivity index (χ1) is 5.95. The Bertz CT molecular complexity index is 316. The fraction of sp³-hybridized carbons (Fsp3) is 0.333. The molecule has 0 saturated carbocycles. The van der Waals surface area contributed by atoms with E-state index in [1.807, 2.05) is 0 Å². The molecule has 0 aliphatic heterocycles. The summed E-state index contributed by atoms with van der Waals surface area (Å²) in [6, 6.07) is 3.28. The summed E-state index contributed by atoms with van der Waals surface area (Å²) in [7, 11) is 0. The van der Waals surface area contributed by atoms with Gasteiger partial charge in [-0.1, -0.05) is 23.2 Å². The number of halogens is 2. The summed E-state index contributed by atoms with van der Waals surface area (Å²) >= 11 is 11.4. The average molecular weight is 218 g/mol. The van der Waals surface area contributed by atoms with Crippen LogP contribution < -0.4 is 0 Å². The van der Waals surface area contributed by atoms with E-state index in [-0.39, 0.29) is 0 Å². The van der Waals surface area contributed by atoms with Gasteiger partial charge in [0.2, 0.25) is 0 Å². The third kappa shape index (κ3) is 2.42. The fourth-order valence-corrected chi connectivity index (χ4v) is 1.37. The summed E-state index contributed by atoms with van der Waals surface area (Å²) in [5.74, 6) is 0. The Morgan fingerprint density at radius 2 is 1.77 bits per heavy atom. The van der Waals surface area contributed by atoms with Crippen LogP contribution in [0.2, 0.25) is 10.3 Å². The molecule has 1 heterocycles. The van der Waals surface area contributed by atoms with Gasteiger partial charge in [-0.15, -0.1) is 0 Å². The maximum Gasteiger partial charge on any atom is 0.131 e. The second-order valence-electron chi connectivity index (χ2n) is 3.34. The molecule has 0 unspecified atom stereocenters. The molecular formula is C9H9Cl2NO. The highest BCUT2D eigenvalue weighted by molar-refractivity contribution is 6.32. The number of carbonyl (C=O) groups is 1. The second kappa shape index (κ2) is 3.64. The van der Waals surface area contributed by atoms with Gasteiger partial charge >= 0.3 is 0 Å². The van der Waals surface area contributed by atoms with E-state index < -0.39 is 5.41 Å². The minimum Gasteiger partial charge on any atom is -0.302 e. The van der Waals surface area contributed by atoms with Crippen LogP contribution >= 0.6 is 23.2 Å². The number of pyridine rings is 1. The van der Waals surface area contributed by atoms with Crippen LogP contribution in [0.4, 0.5) is 0 Å². The van der Waals surface area contributed by atoms with Gasteiger partial charge < -0.3 is 4.79 Å². The van der Waals surface area contributed by atoms with Gasteiger partial charge in [0.05, 0.1) is 0 Å². The first-order valence-corrected chi connectivity index (χ1v) is 4.51. The van der Waals surface area contributed by atoms with Crippen molar-refractivity contribution in [3.05, 3.63) is 28.0 Å². The van der Waals surface area contributed by atoms with Crippen LogP contribution in [0.5, 0.6) is 0 Å². The van der Waals surface area contributed by atoms with E-state index in [0.29, 0.717) is 10.3 Å². The molecule has 0 radical (unpaired) electrons. The number of hydrogen-bond acceptors (Lipinski definition) is 2. The minimum absolute atomic E-state index is 0.303. The number of hydrogen-bond donors (Lipinski definition) is 0. The van der Waals surface area contributed by atoms with Gasteiger partial charge in [0, 0.05) is 5.41 Å². The van der Waals surface area contributed by atoms with Crippen molar-refractivity contribution >= 4 is 29.5 Å². The zero-order valence-corrected chi connectivity index (χ0v) is 8.86. The zero-order valence-electron chi connectivity index (χ0n) is 7.34. The molecule has 0 fully saturated rings. The van der Waals surface area contributed by atoms with E-state index in [9.17, 15) is 4.79 Å². The lowest BCUT2D eigenvalue weighted by Crippen LogP contribution is -2.18. The van der Waals surface area contributed by atoms with Crippen LogP contribution in [-0.2, 0) is 10.2 Å². The molecule has 0 atom stereocenters. The molecule has 1 aromatic heterocycles. The molecule has 0 aliphatic carbocycles. The van der Waals surface area contributed by atoms with Crippen LogP contribution in [0.15, 0.2) is 12.1 Å². The third-order valence-corrected chi connectivity index (χ3v) is 2.19. The van der Waals surface area contributed by atoms with Gasteiger partial charge in [0.15, 0.2) is 0 Å². The van der Waals surface area contributed by atoms with Crippen molar-refractivity contribution < 1.29 is 4.79 Å². The van der Waals surface area contributed by atoms with Crippen molar-refractivity contribution in [1.82, 2.24) is 4.98 Å². The Morgan fingerprint density at radius 3 is 2.15 bits per heavy atom. The minimum atomic E-state index is -0.573. The van der Waals surface area contributed by atoms with Gasteiger partial charge in [0.25, 0.3) is 0 Å². The van der Waals surface area contributed by atoms with Gasteiger partial charge in [0.1, 0.15) is 16.6 Å². The monoisotopic (exact) mass is 217 g/mol. The molecule has 0 bridgehead atoms. The Kier molecular flexibility index (Phi) is 2.94. The SMILES string of the molecule is CC(C)(C=O)c1cc(Cl)nc(Cl)c1. The van der Waals surface area contributed by atoms with Crippen molar-refractivity contribution in [3.8, 4) is 0 Å². The lowest BCUT2D eigenvalue weighted by molar-refractivity contribution is -0.111. The third-order valence-electron chi connectivity index (χ3n) is 1.80. The number of carbonyl (C=O) groups excluding carboxylic acids is 1. The quantitative estimate of drug-likeness (QED) is 0.564. The standard InChI is InChI=1S/C9H9Cl2NO/c1-9(2,5-13)6-3-7(10)12-8(11)4-6/h3-5H,1-2H3. The molecule has 4 heteroatoms. The summed E-state index contributed by atoms with van der Waals surface area (Å²) in [5, 5.41) is 0.606. The Morgan fingerprint density at radius 1 is 1.31 bits per heavy atom. The molecular weight excluding hydrogens is 209 g/mol. The Hall–Kier alpha value is -0.600. The maximum absolute atomic E-state index is 10.7. The predicted octanol–water partition coefficient (Wildman–Crippen LogP) is 2.86. The van der Waals surface area contributed by atoms with Gasteiger partial charge in [-0.25, -0.2) is 4.98 Å². The van der Waals surface area contributed by atoms with E-state index >= 15 is 0 Å². The zero-order chi connectivity index (χ0) is 10.1. The van der Waals surface area contributed by atoms with Crippen LogP contribution in [0.1, 0.15) is 19.4 Å². The largest absolute Gasteiger partial charge is 0.302 e. The molecule has 0 aliphatic rings. The van der Waals surface area contributed by atoms with Crippen molar-refractivity contribution in [3.63, 3.8) is 0 Å². The molecule has 1 rings (SSSR count). The highest BCUT2D eigenvalue weighted by Crippen LogP contribution is 2.25. The highest BCUT2D eigenvalue weighted by atomic mass is 35.5. The fourth-order valence-electron chi connectivity index (χ4n) is 0.905. The molecule has 0 saturated heterocycles. The highest BCUT2D eigenvalue weighted by Gasteiger charge is 2.20. The number of aromatic nitrogens is 1. The topological polar surface area (TPSA) is 30.0 Å². The first kappa shape index (κ1) is 10.5. The molecule has 1 aromatic rings. The van der Waals surface area contributed by atoms with Crippen LogP contribution in [0.25, 0.3) is 0 Å². The van der Waals surface area contributed by atoms with Crippen LogP contribution in [0, 0.1) is 0 Å². The lowest BCUT2D eigenvalue weighted by atomic mass is 9.87. The normalized spacial score (nSPS) is 11.4. The molecule has 2 nitrogen and oxygen atoms in total. The maximum atomic E-state index is 10.7. The molecule has 0 spiro atoms. The summed E-state index contributed by atoms with van der Waals surface area (Å²) in [6.45, 7) is 3.59. The number of nitrogens with zero attached hydrogens (tertiary/aromatic N) is 1. The molecule has 13 heavy (non-hydrogen) atoms. The van der Waals surface area contributed by atoms with Crippen molar-refractivity contribution in [2.45, 2.75) is 19.3 Å². The summed E-state index contributed by atoms with van der Waals surface area (Å²) in [4.78, 5) is 14.5. The van der Waals surface area contributed by atoms with Gasteiger partial charge in [-0.3, -0.25) is 0 Å². The van der Waals surface area contributed by atoms with Crippen LogP contribution in [0.3, 0.4) is 0 Å². The smallest absolute Gasteiger partial charge is 0.131 e. The molecule has 0 aromatic carbocycles. The number of aldehydes is 1. The Balaban J connectivity index is 3.22. The van der Waals surface area contributed by atoms with E-state index in [4.69, 9.17) is 23.2 Å². The first-order valence-electron chi connectivity index (χ1n) is 3.75. The summed E-state index contributed by atoms with van der Waals surface area (Å²) in [6.07, 6.45) is 0.856. The molecule has 0 N–H and O–H groups in total. The van der Waals surface area contributed by atoms with Gasteiger partial charge in [-0.05, 0) is 31.5 Å².